The van der Waals surface area contributed by atoms with E-state index >= 15 is 0 Å². The first-order valence-corrected chi connectivity index (χ1v) is 19.4. The van der Waals surface area contributed by atoms with Crippen LogP contribution < -0.4 is 0 Å². The summed E-state index contributed by atoms with van der Waals surface area (Å²) in [7, 11) is 4.29. The molecule has 0 bridgehead atoms. The summed E-state index contributed by atoms with van der Waals surface area (Å²) in [5.74, 6) is 0. The predicted octanol–water partition coefficient (Wildman–Crippen LogP) is 11.4. The van der Waals surface area contributed by atoms with Crippen molar-refractivity contribution in [3.8, 4) is 0 Å². The Balaban J connectivity index is 4.17. The summed E-state index contributed by atoms with van der Waals surface area (Å²) in [4.78, 5) is 26.1. The van der Waals surface area contributed by atoms with Gasteiger partial charge in [0.2, 0.25) is 0 Å². The van der Waals surface area contributed by atoms with Gasteiger partial charge in [-0.1, -0.05) is 52.4 Å². The van der Waals surface area contributed by atoms with E-state index in [-0.39, 0.29) is 11.0 Å². The number of carbonyl (C=O) groups is 2. The fourth-order valence-electron chi connectivity index (χ4n) is 4.97. The van der Waals surface area contributed by atoms with E-state index in [2.05, 4.69) is 59.3 Å². The standard InChI is InChI=1S/C37H72NO3P/c1-6-8-10-12-14-16-18-20-22-24-26-28-30-32-36(39)42(41-35-34-38(3,4)5)37(40)33-31-29-27-25-23-21-19-17-15-13-11-9-7-2/h16-19,42H,6-15,20-35H2,1-5H3. The molecule has 0 aromatic carbocycles. The molecule has 0 rings (SSSR count). The van der Waals surface area contributed by atoms with Gasteiger partial charge in [-0.2, -0.15) is 0 Å². The van der Waals surface area contributed by atoms with Crippen LogP contribution in [0.25, 0.3) is 0 Å². The van der Waals surface area contributed by atoms with Crippen molar-refractivity contribution in [3.05, 3.63) is 24.3 Å². The van der Waals surface area contributed by atoms with Crippen LogP contribution in [0.4, 0.5) is 0 Å². The van der Waals surface area contributed by atoms with Crippen molar-refractivity contribution in [1.82, 2.24) is 0 Å². The molecular weight excluding hydrogens is 537 g/mol. The first-order valence-electron chi connectivity index (χ1n) is 18.0. The molecule has 0 aliphatic carbocycles. The van der Waals surface area contributed by atoms with Crippen molar-refractivity contribution in [1.29, 1.82) is 0 Å². The minimum atomic E-state index is -2.06. The van der Waals surface area contributed by atoms with Crippen molar-refractivity contribution in [2.45, 2.75) is 168 Å². The first-order chi connectivity index (χ1) is 20.3. The monoisotopic (exact) mass is 610 g/mol. The second-order valence-corrected chi connectivity index (χ2v) is 15.4. The Morgan fingerprint density at radius 3 is 1.21 bits per heavy atom. The van der Waals surface area contributed by atoms with Crippen molar-refractivity contribution in [2.75, 3.05) is 34.3 Å². The number of unbranched alkanes of at least 4 members (excludes halogenated alkanes) is 18. The molecule has 0 radical (unpaired) electrons. The molecule has 0 saturated carbocycles. The van der Waals surface area contributed by atoms with Crippen LogP contribution in [0.1, 0.15) is 168 Å². The van der Waals surface area contributed by atoms with Crippen molar-refractivity contribution in [2.24, 2.45) is 0 Å². The molecule has 5 heteroatoms. The molecule has 0 N–H and O–H groups in total. The zero-order valence-electron chi connectivity index (χ0n) is 28.9. The molecule has 0 heterocycles. The van der Waals surface area contributed by atoms with E-state index in [0.717, 1.165) is 36.7 Å². The van der Waals surface area contributed by atoms with Gasteiger partial charge in [0.1, 0.15) is 0 Å². The average Bonchev–Trinajstić information content (AvgIpc) is 2.95. The molecule has 42 heavy (non-hydrogen) atoms. The maximum atomic E-state index is 13.1. The summed E-state index contributed by atoms with van der Waals surface area (Å²) in [5.41, 5.74) is 0.192. The molecular formula is C37H72NO3P. The molecule has 0 aromatic heterocycles. The number of hydrogen-bond donors (Lipinski definition) is 0. The van der Waals surface area contributed by atoms with Gasteiger partial charge in [0.05, 0.1) is 0 Å². The molecule has 0 fully saturated rings. The Labute approximate surface area is 263 Å². The zero-order valence-corrected chi connectivity index (χ0v) is 29.9. The summed E-state index contributed by atoms with van der Waals surface area (Å²) in [6.07, 6.45) is 37.0. The number of rotatable bonds is 32. The van der Waals surface area contributed by atoms with Gasteiger partial charge in [-0.15, -0.1) is 0 Å². The average molecular weight is 610 g/mol. The van der Waals surface area contributed by atoms with E-state index in [9.17, 15) is 9.59 Å². The second kappa shape index (κ2) is 30.2. The Morgan fingerprint density at radius 2 is 0.857 bits per heavy atom. The zero-order chi connectivity index (χ0) is 31.2. The van der Waals surface area contributed by atoms with Gasteiger partial charge in [-0.3, -0.25) is 0 Å². The summed E-state index contributed by atoms with van der Waals surface area (Å²) >= 11 is 0. The van der Waals surface area contributed by atoms with Gasteiger partial charge in [0.25, 0.3) is 0 Å². The molecule has 0 spiro atoms. The number of nitrogens with zero attached hydrogens (tertiary/aromatic N) is 1. The van der Waals surface area contributed by atoms with Gasteiger partial charge in [0, 0.05) is 0 Å². The summed E-state index contributed by atoms with van der Waals surface area (Å²) in [6.45, 7) is 5.82. The number of carbonyl (C=O) groups excluding carboxylic acids is 2. The maximum absolute atomic E-state index is 13.1. The minimum Gasteiger partial charge on any atom is -0.0654 e. The topological polar surface area (TPSA) is 43.4 Å². The van der Waals surface area contributed by atoms with Crippen LogP contribution in [0.5, 0.6) is 0 Å². The summed E-state index contributed by atoms with van der Waals surface area (Å²) in [5, 5.41) is 0. The van der Waals surface area contributed by atoms with Crippen LogP contribution in [-0.2, 0) is 14.1 Å². The van der Waals surface area contributed by atoms with E-state index in [4.69, 9.17) is 4.52 Å². The predicted molar refractivity (Wildman–Crippen MR) is 188 cm³/mol. The smallest absolute Gasteiger partial charge is 0.0654 e. The van der Waals surface area contributed by atoms with Crippen molar-refractivity contribution in [3.63, 3.8) is 0 Å². The number of quaternary nitrogens is 1. The third kappa shape index (κ3) is 29.3. The van der Waals surface area contributed by atoms with Gasteiger partial charge in [-0.05, 0) is 0 Å². The summed E-state index contributed by atoms with van der Waals surface area (Å²) in [6, 6.07) is 0. The third-order valence-electron chi connectivity index (χ3n) is 7.85. The van der Waals surface area contributed by atoms with Crippen LogP contribution >= 0.6 is 8.15 Å². The molecule has 4 nitrogen and oxygen atoms in total. The van der Waals surface area contributed by atoms with Crippen LogP contribution in [0.2, 0.25) is 0 Å². The van der Waals surface area contributed by atoms with Crippen LogP contribution in [-0.4, -0.2) is 49.8 Å². The molecule has 0 atom stereocenters. The molecule has 248 valence electrons. The molecule has 0 aromatic rings. The molecule has 0 unspecified atom stereocenters. The van der Waals surface area contributed by atoms with E-state index in [0.29, 0.717) is 19.4 Å². The minimum absolute atomic E-state index is 0.0962. The summed E-state index contributed by atoms with van der Waals surface area (Å²) < 4.78 is 6.82. The van der Waals surface area contributed by atoms with E-state index in [1.54, 1.807) is 0 Å². The molecule has 0 saturated heterocycles. The van der Waals surface area contributed by atoms with E-state index in [1.807, 2.05) is 0 Å². The Bertz CT molecular complexity index is 635. The Hall–Kier alpha value is -0.830. The van der Waals surface area contributed by atoms with Crippen LogP contribution in [0.15, 0.2) is 24.3 Å². The number of likely N-dealkylation sites (N-methyl/N-ethyl adjacent to an activating group) is 1. The normalized spacial score (nSPS) is 13.4. The van der Waals surface area contributed by atoms with Gasteiger partial charge >= 0.3 is 212 Å². The van der Waals surface area contributed by atoms with Gasteiger partial charge in [-0.25, -0.2) is 0 Å². The van der Waals surface area contributed by atoms with Crippen LogP contribution in [0, 0.1) is 0 Å². The quantitative estimate of drug-likeness (QED) is 0.0330. The van der Waals surface area contributed by atoms with Crippen molar-refractivity contribution >= 4 is 19.2 Å². The molecule has 0 aliphatic heterocycles. The SMILES string of the molecule is CCCCCCC=CCCCCCCCC(=O)[PH-](OCC[N+](C)(C)C)C(=O)CCCCCCCC=CCCCCCC. The van der Waals surface area contributed by atoms with Gasteiger partial charge < -0.3 is 0 Å². The number of allylic oxidation sites excluding steroid dienone is 4. The molecule has 0 amide bonds. The Kier molecular flexibility index (Phi) is 29.6. The first kappa shape index (κ1) is 41.2. The molecule has 0 aliphatic rings. The van der Waals surface area contributed by atoms with Crippen molar-refractivity contribution < 1.29 is 18.6 Å². The van der Waals surface area contributed by atoms with Gasteiger partial charge in [0.15, 0.2) is 0 Å². The van der Waals surface area contributed by atoms with E-state index < -0.39 is 8.15 Å². The second-order valence-electron chi connectivity index (χ2n) is 13.3. The van der Waals surface area contributed by atoms with E-state index in [1.165, 1.54) is 116 Å². The fourth-order valence-corrected chi connectivity index (χ4v) is 6.71. The Morgan fingerprint density at radius 1 is 0.524 bits per heavy atom. The fraction of sp³-hybridized carbons (Fsp3) is 0.838. The third-order valence-corrected chi connectivity index (χ3v) is 9.85. The van der Waals surface area contributed by atoms with Crippen LogP contribution in [0.3, 0.4) is 0 Å². The number of hydrogen-bond acceptors (Lipinski definition) is 3.